The topological polar surface area (TPSA) is 86.8 Å². The number of anilines is 1. The first-order valence-electron chi connectivity index (χ1n) is 9.17. The van der Waals surface area contributed by atoms with Gasteiger partial charge in [0.15, 0.2) is 0 Å². The van der Waals surface area contributed by atoms with Crippen molar-refractivity contribution in [3.63, 3.8) is 0 Å². The average Bonchev–Trinajstić information content (AvgIpc) is 3.27. The third-order valence-electron chi connectivity index (χ3n) is 5.18. The number of imide groups is 1. The predicted octanol–water partition coefficient (Wildman–Crippen LogP) is 2.13. The number of thiophene rings is 1. The van der Waals surface area contributed by atoms with Crippen LogP contribution in [0.4, 0.5) is 5.69 Å². The van der Waals surface area contributed by atoms with Gasteiger partial charge in [0.2, 0.25) is 21.8 Å². The van der Waals surface area contributed by atoms with Crippen molar-refractivity contribution in [2.75, 3.05) is 24.5 Å². The van der Waals surface area contributed by atoms with E-state index in [9.17, 15) is 18.0 Å². The lowest BCUT2D eigenvalue weighted by molar-refractivity contribution is -0.121. The van der Waals surface area contributed by atoms with Crippen LogP contribution in [0.5, 0.6) is 0 Å². The molecule has 0 saturated carbocycles. The molecule has 1 atom stereocenters. The van der Waals surface area contributed by atoms with E-state index >= 15 is 0 Å². The SMILES string of the molecule is O=C1CCC(=O)N1c1ccc(S(=O)(=O)NC[C@H](c2ccsc2)N2CCC2)cc1. The number of rotatable bonds is 7. The van der Waals surface area contributed by atoms with Gasteiger partial charge in [-0.3, -0.25) is 19.4 Å². The van der Waals surface area contributed by atoms with Gasteiger partial charge < -0.3 is 0 Å². The Morgan fingerprint density at radius 1 is 1.04 bits per heavy atom. The van der Waals surface area contributed by atoms with Crippen LogP contribution in [0.15, 0.2) is 46.0 Å². The summed E-state index contributed by atoms with van der Waals surface area (Å²) >= 11 is 1.60. The number of nitrogens with one attached hydrogen (secondary N) is 1. The Kier molecular flexibility index (Phi) is 5.33. The maximum absolute atomic E-state index is 12.7. The highest BCUT2D eigenvalue weighted by molar-refractivity contribution is 7.89. The molecule has 0 unspecified atom stereocenters. The summed E-state index contributed by atoms with van der Waals surface area (Å²) < 4.78 is 28.2. The average molecular weight is 420 g/mol. The molecule has 2 fully saturated rings. The third kappa shape index (κ3) is 3.75. The van der Waals surface area contributed by atoms with Gasteiger partial charge in [0.25, 0.3) is 0 Å². The van der Waals surface area contributed by atoms with Gasteiger partial charge in [-0.05, 0) is 53.1 Å². The first kappa shape index (κ1) is 19.3. The van der Waals surface area contributed by atoms with E-state index in [1.807, 2.05) is 11.4 Å². The minimum absolute atomic E-state index is 0.0221. The summed E-state index contributed by atoms with van der Waals surface area (Å²) in [5, 5.41) is 4.05. The number of likely N-dealkylation sites (tertiary alicyclic amines) is 1. The van der Waals surface area contributed by atoms with Crippen molar-refractivity contribution in [3.05, 3.63) is 46.7 Å². The molecule has 4 rings (SSSR count). The van der Waals surface area contributed by atoms with E-state index in [4.69, 9.17) is 0 Å². The van der Waals surface area contributed by atoms with Crippen molar-refractivity contribution >= 4 is 38.9 Å². The van der Waals surface area contributed by atoms with Crippen LogP contribution in [0.25, 0.3) is 0 Å². The fourth-order valence-corrected chi connectivity index (χ4v) is 5.23. The summed E-state index contributed by atoms with van der Waals surface area (Å²) in [6.07, 6.45) is 1.52. The fourth-order valence-electron chi connectivity index (χ4n) is 3.49. The molecule has 2 saturated heterocycles. The van der Waals surface area contributed by atoms with Crippen molar-refractivity contribution in [3.8, 4) is 0 Å². The number of benzene rings is 1. The van der Waals surface area contributed by atoms with E-state index in [-0.39, 0.29) is 35.6 Å². The number of amides is 2. The summed E-state index contributed by atoms with van der Waals surface area (Å²) in [5.41, 5.74) is 1.52. The smallest absolute Gasteiger partial charge is 0.240 e. The molecule has 1 aromatic heterocycles. The Bertz CT molecular complexity index is 951. The Labute approximate surface area is 168 Å². The molecular weight excluding hydrogens is 398 g/mol. The molecule has 2 aliphatic rings. The number of nitrogens with zero attached hydrogens (tertiary/aromatic N) is 2. The zero-order chi connectivity index (χ0) is 19.7. The van der Waals surface area contributed by atoms with E-state index < -0.39 is 10.0 Å². The monoisotopic (exact) mass is 419 g/mol. The largest absolute Gasteiger partial charge is 0.295 e. The van der Waals surface area contributed by atoms with Gasteiger partial charge in [-0.1, -0.05) is 0 Å². The molecule has 0 radical (unpaired) electrons. The van der Waals surface area contributed by atoms with Gasteiger partial charge in [-0.2, -0.15) is 11.3 Å². The van der Waals surface area contributed by atoms with Crippen LogP contribution in [0.1, 0.15) is 30.9 Å². The normalized spacial score (nSPS) is 19.1. The van der Waals surface area contributed by atoms with Crippen LogP contribution in [0.2, 0.25) is 0 Å². The predicted molar refractivity (Wildman–Crippen MR) is 107 cm³/mol. The molecule has 7 nitrogen and oxygen atoms in total. The Morgan fingerprint density at radius 2 is 1.71 bits per heavy atom. The highest BCUT2D eigenvalue weighted by atomic mass is 32.2. The van der Waals surface area contributed by atoms with Gasteiger partial charge in [0.05, 0.1) is 10.6 Å². The molecule has 0 bridgehead atoms. The molecule has 9 heteroatoms. The summed E-state index contributed by atoms with van der Waals surface area (Å²) in [4.78, 5) is 27.1. The zero-order valence-electron chi connectivity index (χ0n) is 15.2. The van der Waals surface area contributed by atoms with E-state index in [1.165, 1.54) is 24.3 Å². The maximum atomic E-state index is 12.7. The van der Waals surface area contributed by atoms with E-state index in [1.54, 1.807) is 11.3 Å². The van der Waals surface area contributed by atoms with Gasteiger partial charge in [0.1, 0.15) is 0 Å². The molecule has 1 N–H and O–H groups in total. The standard InChI is InChI=1S/C19H21N3O4S2/c23-18-6-7-19(24)22(18)15-2-4-16(5-3-15)28(25,26)20-12-17(21-9-1-10-21)14-8-11-27-13-14/h2-5,8,11,13,17,20H,1,6-7,9-10,12H2/t17-/m1/s1. The number of hydrogen-bond donors (Lipinski definition) is 1. The molecular formula is C19H21N3O4S2. The van der Waals surface area contributed by atoms with E-state index in [0.29, 0.717) is 12.2 Å². The summed E-state index contributed by atoms with van der Waals surface area (Å²) in [5.74, 6) is -0.515. The molecule has 0 aliphatic carbocycles. The fraction of sp³-hybridized carbons (Fsp3) is 0.368. The second-order valence-electron chi connectivity index (χ2n) is 6.93. The maximum Gasteiger partial charge on any atom is 0.240 e. The van der Waals surface area contributed by atoms with Crippen LogP contribution >= 0.6 is 11.3 Å². The molecule has 2 amide bonds. The van der Waals surface area contributed by atoms with Crippen molar-refractivity contribution in [2.24, 2.45) is 0 Å². The van der Waals surface area contributed by atoms with E-state index in [0.717, 1.165) is 30.0 Å². The van der Waals surface area contributed by atoms with Crippen molar-refractivity contribution in [1.82, 2.24) is 9.62 Å². The Morgan fingerprint density at radius 3 is 2.25 bits per heavy atom. The molecule has 148 valence electrons. The highest BCUT2D eigenvalue weighted by Crippen LogP contribution is 2.28. The zero-order valence-corrected chi connectivity index (χ0v) is 16.8. The molecule has 3 heterocycles. The van der Waals surface area contributed by atoms with Crippen LogP contribution in [-0.2, 0) is 19.6 Å². The van der Waals surface area contributed by atoms with Crippen molar-refractivity contribution < 1.29 is 18.0 Å². The summed E-state index contributed by atoms with van der Waals surface area (Å²) in [6, 6.07) is 7.91. The van der Waals surface area contributed by atoms with Crippen LogP contribution in [0, 0.1) is 0 Å². The quantitative estimate of drug-likeness (QED) is 0.695. The van der Waals surface area contributed by atoms with E-state index in [2.05, 4.69) is 15.0 Å². The Hall–Kier alpha value is -2.07. The summed E-state index contributed by atoms with van der Waals surface area (Å²) in [7, 11) is -3.69. The number of sulfonamides is 1. The molecule has 1 aromatic carbocycles. The van der Waals surface area contributed by atoms with Gasteiger partial charge in [-0.15, -0.1) is 0 Å². The van der Waals surface area contributed by atoms with Gasteiger partial charge in [0, 0.05) is 38.5 Å². The lowest BCUT2D eigenvalue weighted by Gasteiger charge is -2.38. The first-order chi connectivity index (χ1) is 13.5. The molecule has 2 aliphatic heterocycles. The van der Waals surface area contributed by atoms with Gasteiger partial charge >= 0.3 is 0 Å². The van der Waals surface area contributed by atoms with Crippen molar-refractivity contribution in [2.45, 2.75) is 30.2 Å². The number of carbonyl (C=O) groups is 2. The lowest BCUT2D eigenvalue weighted by Crippen LogP contribution is -2.44. The lowest BCUT2D eigenvalue weighted by atomic mass is 10.1. The third-order valence-corrected chi connectivity index (χ3v) is 7.32. The van der Waals surface area contributed by atoms with Crippen LogP contribution < -0.4 is 9.62 Å². The Balaban J connectivity index is 1.47. The van der Waals surface area contributed by atoms with Gasteiger partial charge in [-0.25, -0.2) is 13.1 Å². The second-order valence-corrected chi connectivity index (χ2v) is 9.48. The van der Waals surface area contributed by atoms with Crippen molar-refractivity contribution in [1.29, 1.82) is 0 Å². The number of hydrogen-bond acceptors (Lipinski definition) is 6. The van der Waals surface area contributed by atoms with Crippen LogP contribution in [-0.4, -0.2) is 44.8 Å². The first-order valence-corrected chi connectivity index (χ1v) is 11.6. The second kappa shape index (κ2) is 7.75. The van der Waals surface area contributed by atoms with Crippen LogP contribution in [0.3, 0.4) is 0 Å². The molecule has 0 spiro atoms. The highest BCUT2D eigenvalue weighted by Gasteiger charge is 2.31. The minimum Gasteiger partial charge on any atom is -0.295 e. The summed E-state index contributed by atoms with van der Waals surface area (Å²) in [6.45, 7) is 2.23. The minimum atomic E-state index is -3.69. The molecule has 2 aromatic rings. The number of carbonyl (C=O) groups excluding carboxylic acids is 2. The molecule has 28 heavy (non-hydrogen) atoms.